The van der Waals surface area contributed by atoms with Crippen molar-refractivity contribution in [1.82, 2.24) is 5.32 Å². The van der Waals surface area contributed by atoms with E-state index in [0.717, 1.165) is 14.7 Å². The van der Waals surface area contributed by atoms with Crippen molar-refractivity contribution in [3.63, 3.8) is 0 Å². The molecule has 1 fully saturated rings. The zero-order chi connectivity index (χ0) is 25.7. The molecule has 184 valence electrons. The number of nitro benzene ring substituents is 1. The Balaban J connectivity index is 1.53. The van der Waals surface area contributed by atoms with Gasteiger partial charge in [-0.05, 0) is 107 Å². The number of rotatable bonds is 8. The van der Waals surface area contributed by atoms with Gasteiger partial charge < -0.3 is 14.8 Å². The van der Waals surface area contributed by atoms with Crippen LogP contribution in [0.4, 0.5) is 15.8 Å². The lowest BCUT2D eigenvalue weighted by Gasteiger charge is -2.15. The van der Waals surface area contributed by atoms with Gasteiger partial charge in [0, 0.05) is 12.1 Å². The molecular weight excluding hydrogens is 600 g/mol. The van der Waals surface area contributed by atoms with Crippen LogP contribution in [-0.4, -0.2) is 22.6 Å². The molecule has 1 N–H and O–H groups in total. The Kier molecular flexibility index (Phi) is 8.21. The number of non-ortho nitro benzene ring substituents is 1. The summed E-state index contributed by atoms with van der Waals surface area (Å²) in [4.78, 5) is 27.7. The van der Waals surface area contributed by atoms with Crippen LogP contribution in [0.15, 0.2) is 70.6 Å². The molecule has 0 aliphatic carbocycles. The van der Waals surface area contributed by atoms with Gasteiger partial charge in [-0.2, -0.15) is 0 Å². The van der Waals surface area contributed by atoms with Crippen LogP contribution in [0, 0.1) is 19.5 Å². The maximum Gasteiger partial charge on any atom is 0.269 e. The zero-order valence-electron chi connectivity index (χ0n) is 18.9. The number of hydrogen-bond donors (Lipinski definition) is 1. The van der Waals surface area contributed by atoms with Gasteiger partial charge in [-0.15, -0.1) is 0 Å². The molecule has 0 bridgehead atoms. The average Bonchev–Trinajstić information content (AvgIpc) is 3.18. The van der Waals surface area contributed by atoms with Gasteiger partial charge in [0.25, 0.3) is 11.6 Å². The van der Waals surface area contributed by atoms with E-state index < -0.39 is 4.92 Å². The van der Waals surface area contributed by atoms with Crippen LogP contribution in [0.3, 0.4) is 0 Å². The lowest BCUT2D eigenvalue weighted by Crippen LogP contribution is -2.19. The SMILES string of the molecule is CCOc1cc(/C=C2/SC(=Nc3ccc(F)cc3)NC2=O)cc(I)c1OCc1ccc([N+](=O)[O-])cc1. The first-order valence-corrected chi connectivity index (χ1v) is 12.6. The molecule has 3 aromatic rings. The van der Waals surface area contributed by atoms with Crippen LogP contribution in [0.5, 0.6) is 11.5 Å². The van der Waals surface area contributed by atoms with Crippen molar-refractivity contribution in [2.75, 3.05) is 6.61 Å². The normalized spacial score (nSPS) is 15.2. The third kappa shape index (κ3) is 6.40. The molecule has 0 aromatic heterocycles. The fourth-order valence-corrected chi connectivity index (χ4v) is 4.83. The predicted molar refractivity (Wildman–Crippen MR) is 145 cm³/mol. The number of halogens is 2. The molecule has 36 heavy (non-hydrogen) atoms. The Morgan fingerprint density at radius 1 is 1.14 bits per heavy atom. The highest BCUT2D eigenvalue weighted by Gasteiger charge is 2.24. The van der Waals surface area contributed by atoms with E-state index in [1.54, 1.807) is 24.3 Å². The van der Waals surface area contributed by atoms with Crippen LogP contribution < -0.4 is 14.8 Å². The highest BCUT2D eigenvalue weighted by atomic mass is 127. The molecule has 0 unspecified atom stereocenters. The van der Waals surface area contributed by atoms with Gasteiger partial charge in [0.1, 0.15) is 12.4 Å². The molecule has 0 saturated carbocycles. The monoisotopic (exact) mass is 619 g/mol. The summed E-state index contributed by atoms with van der Waals surface area (Å²) in [5, 5.41) is 14.0. The molecule has 8 nitrogen and oxygen atoms in total. The fraction of sp³-hybridized carbons (Fsp3) is 0.120. The number of nitro groups is 1. The first-order chi connectivity index (χ1) is 17.3. The number of nitrogens with one attached hydrogen (secondary N) is 1. The molecule has 1 aliphatic heterocycles. The minimum atomic E-state index is -0.450. The van der Waals surface area contributed by atoms with Gasteiger partial charge in [-0.1, -0.05) is 0 Å². The van der Waals surface area contributed by atoms with E-state index in [4.69, 9.17) is 9.47 Å². The Labute approximate surface area is 223 Å². The smallest absolute Gasteiger partial charge is 0.269 e. The Hall–Kier alpha value is -3.45. The van der Waals surface area contributed by atoms with Crippen molar-refractivity contribution in [3.8, 4) is 11.5 Å². The molecule has 0 atom stereocenters. The number of hydrogen-bond acceptors (Lipinski definition) is 7. The number of carbonyl (C=O) groups excluding carboxylic acids is 1. The second-order valence-corrected chi connectivity index (χ2v) is 9.63. The fourth-order valence-electron chi connectivity index (χ4n) is 3.21. The Morgan fingerprint density at radius 2 is 1.86 bits per heavy atom. The van der Waals surface area contributed by atoms with Gasteiger partial charge in [-0.25, -0.2) is 9.38 Å². The summed E-state index contributed by atoms with van der Waals surface area (Å²) in [6, 6.07) is 15.5. The highest BCUT2D eigenvalue weighted by molar-refractivity contribution is 14.1. The van der Waals surface area contributed by atoms with Crippen LogP contribution >= 0.6 is 34.4 Å². The molecule has 1 aliphatic rings. The summed E-state index contributed by atoms with van der Waals surface area (Å²) < 4.78 is 25.7. The standard InChI is InChI=1S/C25H19FIN3O5S/c1-2-34-21-12-16(11-20(27)23(21)35-14-15-3-9-19(10-4-15)30(32)33)13-22-24(31)29-25(36-22)28-18-7-5-17(26)6-8-18/h3-13H,2,14H2,1H3,(H,28,29,31)/b22-13+. The number of benzene rings is 3. The van der Waals surface area contributed by atoms with Crippen LogP contribution in [0.2, 0.25) is 0 Å². The van der Waals surface area contributed by atoms with Crippen molar-refractivity contribution in [2.24, 2.45) is 4.99 Å². The molecule has 1 saturated heterocycles. The van der Waals surface area contributed by atoms with Crippen LogP contribution in [0.25, 0.3) is 6.08 Å². The minimum Gasteiger partial charge on any atom is -0.490 e. The summed E-state index contributed by atoms with van der Waals surface area (Å²) in [5.74, 6) is 0.414. The van der Waals surface area contributed by atoms with E-state index in [1.165, 1.54) is 48.2 Å². The van der Waals surface area contributed by atoms with Crippen molar-refractivity contribution >= 4 is 62.9 Å². The molecule has 4 rings (SSSR count). The van der Waals surface area contributed by atoms with E-state index in [2.05, 4.69) is 32.9 Å². The number of ether oxygens (including phenoxy) is 2. The number of nitrogens with zero attached hydrogens (tertiary/aromatic N) is 2. The van der Waals surface area contributed by atoms with Gasteiger partial charge in [0.15, 0.2) is 16.7 Å². The zero-order valence-corrected chi connectivity index (χ0v) is 21.8. The van der Waals surface area contributed by atoms with E-state index in [0.29, 0.717) is 33.9 Å². The number of amidine groups is 1. The summed E-state index contributed by atoms with van der Waals surface area (Å²) in [7, 11) is 0. The van der Waals surface area contributed by atoms with E-state index >= 15 is 0 Å². The van der Waals surface area contributed by atoms with Gasteiger partial charge >= 0.3 is 0 Å². The lowest BCUT2D eigenvalue weighted by atomic mass is 10.1. The number of aliphatic imine (C=N–C) groups is 1. The number of amides is 1. The Bertz CT molecular complexity index is 1360. The maximum absolute atomic E-state index is 13.1. The number of carbonyl (C=O) groups is 1. The molecule has 0 spiro atoms. The predicted octanol–water partition coefficient (Wildman–Crippen LogP) is 6.21. The molecule has 11 heteroatoms. The largest absolute Gasteiger partial charge is 0.490 e. The van der Waals surface area contributed by atoms with Crippen molar-refractivity contribution < 1.29 is 23.6 Å². The molecule has 1 amide bonds. The van der Waals surface area contributed by atoms with Gasteiger partial charge in [0.05, 0.1) is 25.7 Å². The second kappa shape index (κ2) is 11.5. The first kappa shape index (κ1) is 25.6. The summed E-state index contributed by atoms with van der Waals surface area (Å²) in [6.07, 6.45) is 1.73. The molecule has 3 aromatic carbocycles. The van der Waals surface area contributed by atoms with Crippen molar-refractivity contribution in [1.29, 1.82) is 0 Å². The topological polar surface area (TPSA) is 103 Å². The Morgan fingerprint density at radius 3 is 2.53 bits per heavy atom. The van der Waals surface area contributed by atoms with Gasteiger partial charge in [0.2, 0.25) is 0 Å². The third-order valence-corrected chi connectivity index (χ3v) is 6.58. The van der Waals surface area contributed by atoms with Gasteiger partial charge in [-0.3, -0.25) is 14.9 Å². The van der Waals surface area contributed by atoms with E-state index in [9.17, 15) is 19.3 Å². The minimum absolute atomic E-state index is 0.0143. The van der Waals surface area contributed by atoms with Crippen LogP contribution in [-0.2, 0) is 11.4 Å². The lowest BCUT2D eigenvalue weighted by molar-refractivity contribution is -0.384. The number of thioether (sulfide) groups is 1. The highest BCUT2D eigenvalue weighted by Crippen LogP contribution is 2.37. The summed E-state index contributed by atoms with van der Waals surface area (Å²) >= 11 is 3.32. The van der Waals surface area contributed by atoms with Crippen molar-refractivity contribution in [2.45, 2.75) is 13.5 Å². The quantitative estimate of drug-likeness (QED) is 0.139. The van der Waals surface area contributed by atoms with Crippen molar-refractivity contribution in [3.05, 3.63) is 96.2 Å². The summed E-state index contributed by atoms with van der Waals surface area (Å²) in [6.45, 7) is 2.47. The molecular formula is C25H19FIN3O5S. The first-order valence-electron chi connectivity index (χ1n) is 10.7. The average molecular weight is 619 g/mol. The van der Waals surface area contributed by atoms with E-state index in [-0.39, 0.29) is 24.0 Å². The molecule has 0 radical (unpaired) electrons. The van der Waals surface area contributed by atoms with Crippen LogP contribution in [0.1, 0.15) is 18.1 Å². The maximum atomic E-state index is 13.1. The summed E-state index contributed by atoms with van der Waals surface area (Å²) in [5.41, 5.74) is 2.06. The molecule has 1 heterocycles. The second-order valence-electron chi connectivity index (χ2n) is 7.43. The van der Waals surface area contributed by atoms with E-state index in [1.807, 2.05) is 13.0 Å². The third-order valence-electron chi connectivity index (χ3n) is 4.87.